The molecule has 106 valence electrons. The zero-order valence-corrected chi connectivity index (χ0v) is 12.7. The lowest BCUT2D eigenvalue weighted by atomic mass is 10.2. The van der Waals surface area contributed by atoms with E-state index in [-0.39, 0.29) is 5.82 Å². The molecule has 2 aromatic carbocycles. The van der Waals surface area contributed by atoms with Crippen molar-refractivity contribution < 1.29 is 18.6 Å². The average molecular weight is 341 g/mol. The van der Waals surface area contributed by atoms with E-state index in [1.807, 2.05) is 0 Å². The van der Waals surface area contributed by atoms with Gasteiger partial charge in [-0.25, -0.2) is 4.39 Å². The van der Waals surface area contributed by atoms with E-state index in [0.717, 1.165) is 0 Å². The van der Waals surface area contributed by atoms with Gasteiger partial charge in [-0.2, -0.15) is 0 Å². The van der Waals surface area contributed by atoms with E-state index in [2.05, 4.69) is 15.9 Å². The second-order valence-corrected chi connectivity index (χ2v) is 4.56. The number of hydrogen-bond acceptors (Lipinski definition) is 3. The number of methoxy groups -OCH3 is 2. The zero-order valence-electron chi connectivity index (χ0n) is 11.2. The molecule has 0 saturated heterocycles. The summed E-state index contributed by atoms with van der Waals surface area (Å²) in [6, 6.07) is 9.89. The number of ether oxygens (including phenoxy) is 3. The first-order chi connectivity index (χ1) is 9.67. The first kappa shape index (κ1) is 14.7. The first-order valence-corrected chi connectivity index (χ1v) is 7.04. The van der Waals surface area contributed by atoms with Gasteiger partial charge in [0.05, 0.1) is 14.2 Å². The standard InChI is InChI=1S/C15H14BrFO3/c1-18-10-6-11(19-2)8-12(7-10)20-15-5-3-4-14(17)13(15)9-16/h3-8H,9H2,1-2H3. The van der Waals surface area contributed by atoms with Crippen LogP contribution >= 0.6 is 15.9 Å². The molecule has 0 spiro atoms. The summed E-state index contributed by atoms with van der Waals surface area (Å²) >= 11 is 3.26. The van der Waals surface area contributed by atoms with Gasteiger partial charge in [-0.3, -0.25) is 0 Å². The lowest BCUT2D eigenvalue weighted by Crippen LogP contribution is -1.94. The molecule has 0 aromatic heterocycles. The summed E-state index contributed by atoms with van der Waals surface area (Å²) in [5.74, 6) is 1.88. The maximum Gasteiger partial charge on any atom is 0.134 e. The molecule has 0 radical (unpaired) electrons. The van der Waals surface area contributed by atoms with Gasteiger partial charge in [0, 0.05) is 29.1 Å². The quantitative estimate of drug-likeness (QED) is 0.748. The van der Waals surface area contributed by atoms with E-state index in [9.17, 15) is 4.39 Å². The van der Waals surface area contributed by atoms with Gasteiger partial charge in [0.1, 0.15) is 28.8 Å². The van der Waals surface area contributed by atoms with Crippen molar-refractivity contribution in [3.05, 3.63) is 47.8 Å². The maximum atomic E-state index is 13.7. The summed E-state index contributed by atoms with van der Waals surface area (Å²) in [5.41, 5.74) is 0.467. The fourth-order valence-electron chi connectivity index (χ4n) is 1.73. The number of hydrogen-bond donors (Lipinski definition) is 0. The maximum absolute atomic E-state index is 13.7. The van der Waals surface area contributed by atoms with Crippen molar-refractivity contribution in [2.45, 2.75) is 5.33 Å². The fraction of sp³-hybridized carbons (Fsp3) is 0.200. The zero-order chi connectivity index (χ0) is 14.5. The second-order valence-electron chi connectivity index (χ2n) is 4.00. The Kier molecular flexibility index (Phi) is 4.84. The highest BCUT2D eigenvalue weighted by Gasteiger charge is 2.10. The number of benzene rings is 2. The van der Waals surface area contributed by atoms with Crippen LogP contribution in [0.3, 0.4) is 0 Å². The summed E-state index contributed by atoms with van der Waals surface area (Å²) < 4.78 is 29.8. The van der Waals surface area contributed by atoms with Gasteiger partial charge in [-0.15, -0.1) is 0 Å². The van der Waals surface area contributed by atoms with Crippen LogP contribution in [0.2, 0.25) is 0 Å². The average Bonchev–Trinajstić information content (AvgIpc) is 2.47. The van der Waals surface area contributed by atoms with Gasteiger partial charge in [0.25, 0.3) is 0 Å². The minimum Gasteiger partial charge on any atom is -0.496 e. The molecular formula is C15H14BrFO3. The van der Waals surface area contributed by atoms with Crippen molar-refractivity contribution >= 4 is 15.9 Å². The molecule has 3 nitrogen and oxygen atoms in total. The van der Waals surface area contributed by atoms with Crippen molar-refractivity contribution in [2.75, 3.05) is 14.2 Å². The molecule has 2 aromatic rings. The smallest absolute Gasteiger partial charge is 0.134 e. The predicted molar refractivity (Wildman–Crippen MR) is 78.7 cm³/mol. The third-order valence-corrected chi connectivity index (χ3v) is 3.32. The topological polar surface area (TPSA) is 27.7 Å². The molecule has 0 bridgehead atoms. The van der Waals surface area contributed by atoms with Gasteiger partial charge in [0.15, 0.2) is 0 Å². The molecule has 0 unspecified atom stereocenters. The van der Waals surface area contributed by atoms with Crippen LogP contribution in [0.15, 0.2) is 36.4 Å². The van der Waals surface area contributed by atoms with Crippen LogP contribution in [0, 0.1) is 5.82 Å². The molecule has 0 saturated carbocycles. The molecule has 0 fully saturated rings. The highest BCUT2D eigenvalue weighted by atomic mass is 79.9. The Morgan fingerprint density at radius 3 is 2.15 bits per heavy atom. The molecule has 0 aliphatic heterocycles. The van der Waals surface area contributed by atoms with Crippen LogP contribution < -0.4 is 14.2 Å². The number of halogens is 2. The van der Waals surface area contributed by atoms with E-state index in [1.54, 1.807) is 44.6 Å². The largest absolute Gasteiger partial charge is 0.496 e. The van der Waals surface area contributed by atoms with E-state index in [0.29, 0.717) is 33.9 Å². The minimum absolute atomic E-state index is 0.311. The van der Waals surface area contributed by atoms with Crippen LogP contribution in [-0.2, 0) is 5.33 Å². The molecule has 0 heterocycles. The molecule has 20 heavy (non-hydrogen) atoms. The highest BCUT2D eigenvalue weighted by Crippen LogP contribution is 2.33. The van der Waals surface area contributed by atoms with E-state index in [4.69, 9.17) is 14.2 Å². The van der Waals surface area contributed by atoms with Gasteiger partial charge in [-0.1, -0.05) is 22.0 Å². The molecular weight excluding hydrogens is 327 g/mol. The van der Waals surface area contributed by atoms with Crippen molar-refractivity contribution in [1.29, 1.82) is 0 Å². The second kappa shape index (κ2) is 6.61. The van der Waals surface area contributed by atoms with E-state index in [1.165, 1.54) is 6.07 Å². The van der Waals surface area contributed by atoms with Gasteiger partial charge >= 0.3 is 0 Å². The van der Waals surface area contributed by atoms with Crippen LogP contribution in [0.1, 0.15) is 5.56 Å². The third-order valence-electron chi connectivity index (χ3n) is 2.76. The Hall–Kier alpha value is -1.75. The van der Waals surface area contributed by atoms with E-state index < -0.39 is 0 Å². The van der Waals surface area contributed by atoms with Crippen LogP contribution in [0.25, 0.3) is 0 Å². The first-order valence-electron chi connectivity index (χ1n) is 5.92. The van der Waals surface area contributed by atoms with Crippen LogP contribution in [0.4, 0.5) is 4.39 Å². The lowest BCUT2D eigenvalue weighted by molar-refractivity contribution is 0.386. The summed E-state index contributed by atoms with van der Waals surface area (Å²) in [5, 5.41) is 0.371. The Morgan fingerprint density at radius 1 is 1.00 bits per heavy atom. The normalized spacial score (nSPS) is 10.2. The summed E-state index contributed by atoms with van der Waals surface area (Å²) in [6.07, 6.45) is 0. The van der Waals surface area contributed by atoms with Crippen molar-refractivity contribution in [3.63, 3.8) is 0 Å². The highest BCUT2D eigenvalue weighted by molar-refractivity contribution is 9.08. The van der Waals surface area contributed by atoms with Crippen LogP contribution in [0.5, 0.6) is 23.0 Å². The summed E-state index contributed by atoms with van der Waals surface area (Å²) in [7, 11) is 3.12. The van der Waals surface area contributed by atoms with Gasteiger partial charge in [0.2, 0.25) is 0 Å². The summed E-state index contributed by atoms with van der Waals surface area (Å²) in [4.78, 5) is 0. The molecule has 0 amide bonds. The number of rotatable bonds is 5. The summed E-state index contributed by atoms with van der Waals surface area (Å²) in [6.45, 7) is 0. The third kappa shape index (κ3) is 3.22. The van der Waals surface area contributed by atoms with E-state index >= 15 is 0 Å². The van der Waals surface area contributed by atoms with Crippen molar-refractivity contribution in [2.24, 2.45) is 0 Å². The molecule has 0 aliphatic carbocycles. The number of alkyl halides is 1. The monoisotopic (exact) mass is 340 g/mol. The molecule has 5 heteroatoms. The van der Waals surface area contributed by atoms with Gasteiger partial charge < -0.3 is 14.2 Å². The Labute approximate surface area is 125 Å². The van der Waals surface area contributed by atoms with Crippen molar-refractivity contribution in [3.8, 4) is 23.0 Å². The minimum atomic E-state index is -0.311. The predicted octanol–water partition coefficient (Wildman–Crippen LogP) is 4.53. The van der Waals surface area contributed by atoms with Gasteiger partial charge in [-0.05, 0) is 12.1 Å². The molecule has 0 atom stereocenters. The Morgan fingerprint density at radius 2 is 1.60 bits per heavy atom. The molecule has 0 aliphatic rings. The molecule has 2 rings (SSSR count). The lowest BCUT2D eigenvalue weighted by Gasteiger charge is -2.12. The Bertz CT molecular complexity index is 579. The SMILES string of the molecule is COc1cc(OC)cc(Oc2cccc(F)c2CBr)c1. The van der Waals surface area contributed by atoms with Crippen molar-refractivity contribution in [1.82, 2.24) is 0 Å². The van der Waals surface area contributed by atoms with Crippen LogP contribution in [-0.4, -0.2) is 14.2 Å². The fourth-order valence-corrected chi connectivity index (χ4v) is 2.28. The molecule has 0 N–H and O–H groups in total. The Balaban J connectivity index is 2.37.